The Morgan fingerprint density at radius 3 is 2.56 bits per heavy atom. The smallest absolute Gasteiger partial charge is 0.258 e. The van der Waals surface area contributed by atoms with Gasteiger partial charge in [-0.25, -0.2) is 18.7 Å². The van der Waals surface area contributed by atoms with Crippen molar-refractivity contribution in [2.75, 3.05) is 11.1 Å². The Morgan fingerprint density at radius 2 is 1.89 bits per heavy atom. The standard InChI is InChI=1S/C11H8F2N4O/c12-6-1-8(10(13)9(14)2-6)11(18)17-7-3-15-5-16-4-7/h1-5H,14H2,(H,17,18). The molecule has 0 fully saturated rings. The maximum atomic E-state index is 13.6. The molecule has 0 spiro atoms. The second-order valence-corrected chi connectivity index (χ2v) is 3.44. The Kier molecular flexibility index (Phi) is 3.13. The SMILES string of the molecule is Nc1cc(F)cc(C(=O)Nc2cncnc2)c1F. The van der Waals surface area contributed by atoms with Gasteiger partial charge in [-0.05, 0) is 12.1 Å². The normalized spacial score (nSPS) is 10.1. The Bertz CT molecular complexity index is 589. The number of carbonyl (C=O) groups is 1. The maximum absolute atomic E-state index is 13.6. The molecule has 0 aliphatic heterocycles. The van der Waals surface area contributed by atoms with Crippen molar-refractivity contribution in [2.24, 2.45) is 0 Å². The number of nitrogen functional groups attached to an aromatic ring is 1. The molecule has 1 amide bonds. The zero-order chi connectivity index (χ0) is 13.1. The first-order valence-corrected chi connectivity index (χ1v) is 4.89. The van der Waals surface area contributed by atoms with Crippen molar-refractivity contribution in [2.45, 2.75) is 0 Å². The molecular formula is C11H8F2N4O. The molecule has 0 saturated heterocycles. The van der Waals surface area contributed by atoms with Gasteiger partial charge in [-0.1, -0.05) is 0 Å². The van der Waals surface area contributed by atoms with Gasteiger partial charge in [0, 0.05) is 0 Å². The third-order valence-electron chi connectivity index (χ3n) is 2.13. The van der Waals surface area contributed by atoms with E-state index in [9.17, 15) is 13.6 Å². The van der Waals surface area contributed by atoms with Crippen LogP contribution < -0.4 is 11.1 Å². The second kappa shape index (κ2) is 4.74. The van der Waals surface area contributed by atoms with Crippen LogP contribution >= 0.6 is 0 Å². The van der Waals surface area contributed by atoms with Gasteiger partial charge in [-0.2, -0.15) is 0 Å². The Hall–Kier alpha value is -2.57. The van der Waals surface area contributed by atoms with E-state index in [-0.39, 0.29) is 5.69 Å². The highest BCUT2D eigenvalue weighted by molar-refractivity contribution is 6.04. The van der Waals surface area contributed by atoms with Crippen LogP contribution in [0.25, 0.3) is 0 Å². The molecule has 0 bridgehead atoms. The Morgan fingerprint density at radius 1 is 1.22 bits per heavy atom. The van der Waals surface area contributed by atoms with Gasteiger partial charge >= 0.3 is 0 Å². The monoisotopic (exact) mass is 250 g/mol. The predicted octanol–water partition coefficient (Wildman–Crippen LogP) is 1.59. The molecule has 0 aliphatic rings. The van der Waals surface area contributed by atoms with E-state index in [1.165, 1.54) is 18.7 Å². The fraction of sp³-hybridized carbons (Fsp3) is 0. The lowest BCUT2D eigenvalue weighted by molar-refractivity contribution is 0.102. The topological polar surface area (TPSA) is 80.9 Å². The van der Waals surface area contributed by atoms with Crippen LogP contribution in [0.5, 0.6) is 0 Å². The van der Waals surface area contributed by atoms with E-state index in [0.717, 1.165) is 12.1 Å². The lowest BCUT2D eigenvalue weighted by Crippen LogP contribution is -2.15. The number of halogens is 2. The molecular weight excluding hydrogens is 242 g/mol. The van der Waals surface area contributed by atoms with E-state index < -0.39 is 28.8 Å². The summed E-state index contributed by atoms with van der Waals surface area (Å²) in [5.74, 6) is -2.58. The highest BCUT2D eigenvalue weighted by Gasteiger charge is 2.16. The number of rotatable bonds is 2. The summed E-state index contributed by atoms with van der Waals surface area (Å²) in [5, 5.41) is 2.33. The van der Waals surface area contributed by atoms with Crippen LogP contribution in [0, 0.1) is 11.6 Å². The van der Waals surface area contributed by atoms with Gasteiger partial charge in [0.2, 0.25) is 0 Å². The number of hydrogen-bond donors (Lipinski definition) is 2. The van der Waals surface area contributed by atoms with E-state index in [0.29, 0.717) is 0 Å². The molecule has 1 aromatic heterocycles. The van der Waals surface area contributed by atoms with Crippen molar-refractivity contribution >= 4 is 17.3 Å². The molecule has 0 aliphatic carbocycles. The summed E-state index contributed by atoms with van der Waals surface area (Å²) in [6.45, 7) is 0. The highest BCUT2D eigenvalue weighted by Crippen LogP contribution is 2.18. The average molecular weight is 250 g/mol. The van der Waals surface area contributed by atoms with Crippen molar-refractivity contribution in [3.05, 3.63) is 48.1 Å². The van der Waals surface area contributed by atoms with Crippen LogP contribution in [-0.4, -0.2) is 15.9 Å². The van der Waals surface area contributed by atoms with E-state index >= 15 is 0 Å². The van der Waals surface area contributed by atoms with Gasteiger partial charge in [0.15, 0.2) is 5.82 Å². The summed E-state index contributed by atoms with van der Waals surface area (Å²) in [6.07, 6.45) is 3.92. The second-order valence-electron chi connectivity index (χ2n) is 3.44. The van der Waals surface area contributed by atoms with Gasteiger partial charge < -0.3 is 11.1 Å². The third-order valence-corrected chi connectivity index (χ3v) is 2.13. The van der Waals surface area contributed by atoms with Crippen molar-refractivity contribution < 1.29 is 13.6 Å². The van der Waals surface area contributed by atoms with Gasteiger partial charge in [0.05, 0.1) is 29.3 Å². The number of anilines is 2. The van der Waals surface area contributed by atoms with Gasteiger partial charge in [-0.15, -0.1) is 0 Å². The summed E-state index contributed by atoms with van der Waals surface area (Å²) < 4.78 is 26.6. The molecule has 1 aromatic carbocycles. The zero-order valence-corrected chi connectivity index (χ0v) is 9.02. The molecule has 0 saturated carbocycles. The van der Waals surface area contributed by atoms with E-state index in [4.69, 9.17) is 5.73 Å². The molecule has 1 heterocycles. The number of nitrogens with two attached hydrogens (primary N) is 1. The fourth-order valence-electron chi connectivity index (χ4n) is 1.34. The number of carbonyl (C=O) groups excluding carboxylic acids is 1. The summed E-state index contributed by atoms with van der Waals surface area (Å²) in [4.78, 5) is 19.1. The summed E-state index contributed by atoms with van der Waals surface area (Å²) in [7, 11) is 0. The van der Waals surface area contributed by atoms with Crippen LogP contribution in [0.4, 0.5) is 20.2 Å². The van der Waals surface area contributed by atoms with E-state index in [2.05, 4.69) is 15.3 Å². The first-order valence-electron chi connectivity index (χ1n) is 4.89. The Balaban J connectivity index is 2.30. The van der Waals surface area contributed by atoms with E-state index in [1.807, 2.05) is 0 Å². The summed E-state index contributed by atoms with van der Waals surface area (Å²) in [6, 6.07) is 1.57. The molecule has 0 radical (unpaired) electrons. The minimum Gasteiger partial charge on any atom is -0.396 e. The molecule has 2 aromatic rings. The quantitative estimate of drug-likeness (QED) is 0.793. The predicted molar refractivity (Wildman–Crippen MR) is 60.8 cm³/mol. The molecule has 0 unspecified atom stereocenters. The Labute approximate surface area is 101 Å². The maximum Gasteiger partial charge on any atom is 0.258 e. The molecule has 5 nitrogen and oxygen atoms in total. The summed E-state index contributed by atoms with van der Waals surface area (Å²) in [5.41, 5.74) is 4.60. The highest BCUT2D eigenvalue weighted by atomic mass is 19.1. The first kappa shape index (κ1) is 11.9. The zero-order valence-electron chi connectivity index (χ0n) is 9.02. The minimum atomic E-state index is -0.967. The summed E-state index contributed by atoms with van der Waals surface area (Å²) >= 11 is 0. The number of benzene rings is 1. The molecule has 2 rings (SSSR count). The largest absolute Gasteiger partial charge is 0.396 e. The number of nitrogens with one attached hydrogen (secondary N) is 1. The number of aromatic nitrogens is 2. The average Bonchev–Trinajstić information content (AvgIpc) is 2.35. The van der Waals surface area contributed by atoms with Crippen molar-refractivity contribution in [3.63, 3.8) is 0 Å². The fourth-order valence-corrected chi connectivity index (χ4v) is 1.34. The third kappa shape index (κ3) is 2.40. The van der Waals surface area contributed by atoms with Crippen molar-refractivity contribution in [3.8, 4) is 0 Å². The number of nitrogens with zero attached hydrogens (tertiary/aromatic N) is 2. The van der Waals surface area contributed by atoms with Crippen LogP contribution in [0.15, 0.2) is 30.9 Å². The van der Waals surface area contributed by atoms with Crippen LogP contribution in [-0.2, 0) is 0 Å². The lowest BCUT2D eigenvalue weighted by Gasteiger charge is -2.07. The van der Waals surface area contributed by atoms with Gasteiger partial charge in [0.25, 0.3) is 5.91 Å². The molecule has 3 N–H and O–H groups in total. The molecule has 0 atom stereocenters. The first-order chi connectivity index (χ1) is 8.58. The van der Waals surface area contributed by atoms with Crippen LogP contribution in [0.3, 0.4) is 0 Å². The van der Waals surface area contributed by atoms with E-state index in [1.54, 1.807) is 0 Å². The minimum absolute atomic E-state index is 0.268. The number of hydrogen-bond acceptors (Lipinski definition) is 4. The van der Waals surface area contributed by atoms with Crippen molar-refractivity contribution in [1.82, 2.24) is 9.97 Å². The molecule has 92 valence electrons. The van der Waals surface area contributed by atoms with Crippen molar-refractivity contribution in [1.29, 1.82) is 0 Å². The lowest BCUT2D eigenvalue weighted by atomic mass is 10.1. The molecule has 7 heteroatoms. The molecule has 18 heavy (non-hydrogen) atoms. The van der Waals surface area contributed by atoms with Gasteiger partial charge in [-0.3, -0.25) is 4.79 Å². The van der Waals surface area contributed by atoms with Gasteiger partial charge in [0.1, 0.15) is 12.1 Å². The number of amides is 1. The van der Waals surface area contributed by atoms with Crippen LogP contribution in [0.1, 0.15) is 10.4 Å². The van der Waals surface area contributed by atoms with Crippen LogP contribution in [0.2, 0.25) is 0 Å².